The average Bonchev–Trinajstić information content (AvgIpc) is 2.92. The van der Waals surface area contributed by atoms with E-state index in [1.807, 2.05) is 6.07 Å². The number of nitrogens with one attached hydrogen (secondary N) is 1. The molecule has 0 aliphatic carbocycles. The van der Waals surface area contributed by atoms with Gasteiger partial charge in [0.15, 0.2) is 0 Å². The number of esters is 1. The zero-order valence-electron chi connectivity index (χ0n) is 12.7. The molecule has 0 aliphatic heterocycles. The molecule has 1 aromatic carbocycles. The Labute approximate surface area is 130 Å². The summed E-state index contributed by atoms with van der Waals surface area (Å²) in [5.41, 5.74) is 2.62. The molecule has 0 saturated carbocycles. The van der Waals surface area contributed by atoms with Crippen LogP contribution in [0.1, 0.15) is 33.8 Å². The first-order chi connectivity index (χ1) is 10.1. The summed E-state index contributed by atoms with van der Waals surface area (Å²) in [5, 5.41) is 3.53. The highest BCUT2D eigenvalue weighted by Crippen LogP contribution is 2.20. The van der Waals surface area contributed by atoms with E-state index < -0.39 is 0 Å². The van der Waals surface area contributed by atoms with Crippen molar-refractivity contribution in [3.05, 3.63) is 57.3 Å². The van der Waals surface area contributed by atoms with Crippen LogP contribution in [-0.4, -0.2) is 13.1 Å². The molecule has 2 aromatic rings. The van der Waals surface area contributed by atoms with E-state index in [0.717, 1.165) is 11.4 Å². The molecule has 0 bridgehead atoms. The normalized spacial score (nSPS) is 12.1. The zero-order chi connectivity index (χ0) is 15.2. The standard InChI is InChI=1S/C17H21NO2S/c1-12-6-4-5-7-16(12)13(2)18-11-15-9-8-14(21-15)10-17(19)20-3/h4-9,13,18H,10-11H2,1-3H3/t13-/m0/s1. The monoisotopic (exact) mass is 303 g/mol. The minimum Gasteiger partial charge on any atom is -0.469 e. The second-order valence-electron chi connectivity index (χ2n) is 5.08. The molecule has 112 valence electrons. The smallest absolute Gasteiger partial charge is 0.310 e. The molecule has 0 fully saturated rings. The number of hydrogen-bond acceptors (Lipinski definition) is 4. The zero-order valence-corrected chi connectivity index (χ0v) is 13.5. The van der Waals surface area contributed by atoms with Gasteiger partial charge in [-0.3, -0.25) is 4.79 Å². The lowest BCUT2D eigenvalue weighted by molar-refractivity contribution is -0.139. The van der Waals surface area contributed by atoms with Gasteiger partial charge in [-0.15, -0.1) is 11.3 Å². The van der Waals surface area contributed by atoms with Gasteiger partial charge in [-0.25, -0.2) is 0 Å². The summed E-state index contributed by atoms with van der Waals surface area (Å²) in [6.45, 7) is 5.11. The molecule has 3 nitrogen and oxygen atoms in total. The topological polar surface area (TPSA) is 38.3 Å². The molecule has 1 N–H and O–H groups in total. The van der Waals surface area contributed by atoms with Crippen LogP contribution in [0.15, 0.2) is 36.4 Å². The first-order valence-electron chi connectivity index (χ1n) is 7.03. The molecular weight excluding hydrogens is 282 g/mol. The van der Waals surface area contributed by atoms with Gasteiger partial charge in [0, 0.05) is 22.3 Å². The van der Waals surface area contributed by atoms with Crippen molar-refractivity contribution in [2.45, 2.75) is 32.9 Å². The number of thiophene rings is 1. The summed E-state index contributed by atoms with van der Waals surface area (Å²) < 4.78 is 4.68. The lowest BCUT2D eigenvalue weighted by Gasteiger charge is -2.15. The SMILES string of the molecule is COC(=O)Cc1ccc(CN[C@@H](C)c2ccccc2C)s1. The Hall–Kier alpha value is -1.65. The van der Waals surface area contributed by atoms with Gasteiger partial charge < -0.3 is 10.1 Å². The molecule has 1 heterocycles. The molecule has 0 aliphatic rings. The molecule has 0 amide bonds. The van der Waals surface area contributed by atoms with Crippen LogP contribution in [0.4, 0.5) is 0 Å². The van der Waals surface area contributed by atoms with Crippen LogP contribution in [0.25, 0.3) is 0 Å². The highest BCUT2D eigenvalue weighted by molar-refractivity contribution is 7.12. The van der Waals surface area contributed by atoms with Crippen LogP contribution >= 0.6 is 11.3 Å². The first-order valence-corrected chi connectivity index (χ1v) is 7.85. The number of benzene rings is 1. The van der Waals surface area contributed by atoms with Gasteiger partial charge in [0.25, 0.3) is 0 Å². The first kappa shape index (κ1) is 15.7. The maximum atomic E-state index is 11.2. The summed E-state index contributed by atoms with van der Waals surface area (Å²) in [6.07, 6.45) is 0.356. The van der Waals surface area contributed by atoms with Crippen LogP contribution in [0.3, 0.4) is 0 Å². The lowest BCUT2D eigenvalue weighted by Crippen LogP contribution is -2.18. The molecule has 4 heteroatoms. The van der Waals surface area contributed by atoms with Crippen LogP contribution in [0.5, 0.6) is 0 Å². The van der Waals surface area contributed by atoms with Gasteiger partial charge in [-0.1, -0.05) is 24.3 Å². The third-order valence-corrected chi connectivity index (χ3v) is 4.59. The van der Waals surface area contributed by atoms with E-state index in [2.05, 4.69) is 54.2 Å². The second kappa shape index (κ2) is 7.38. The van der Waals surface area contributed by atoms with Gasteiger partial charge >= 0.3 is 5.97 Å². The summed E-state index contributed by atoms with van der Waals surface area (Å²) in [4.78, 5) is 13.5. The summed E-state index contributed by atoms with van der Waals surface area (Å²) >= 11 is 1.65. The van der Waals surface area contributed by atoms with Crippen molar-refractivity contribution >= 4 is 17.3 Å². The maximum Gasteiger partial charge on any atom is 0.310 e. The Kier molecular flexibility index (Phi) is 5.53. The highest BCUT2D eigenvalue weighted by Gasteiger charge is 2.09. The van der Waals surface area contributed by atoms with E-state index in [9.17, 15) is 4.79 Å². The van der Waals surface area contributed by atoms with Crippen LogP contribution in [0, 0.1) is 6.92 Å². The number of aryl methyl sites for hydroxylation is 1. The predicted octanol–water partition coefficient (Wildman–Crippen LogP) is 3.62. The van der Waals surface area contributed by atoms with Crippen molar-refractivity contribution in [2.24, 2.45) is 0 Å². The Morgan fingerprint density at radius 2 is 1.95 bits per heavy atom. The lowest BCUT2D eigenvalue weighted by atomic mass is 10.0. The number of methoxy groups -OCH3 is 1. The van der Waals surface area contributed by atoms with E-state index >= 15 is 0 Å². The van der Waals surface area contributed by atoms with Crippen molar-refractivity contribution in [3.63, 3.8) is 0 Å². The molecule has 1 aromatic heterocycles. The minimum absolute atomic E-state index is 0.190. The van der Waals surface area contributed by atoms with Crippen molar-refractivity contribution in [1.82, 2.24) is 5.32 Å². The van der Waals surface area contributed by atoms with Crippen molar-refractivity contribution < 1.29 is 9.53 Å². The van der Waals surface area contributed by atoms with Gasteiger partial charge in [0.2, 0.25) is 0 Å². The average molecular weight is 303 g/mol. The number of carbonyl (C=O) groups is 1. The largest absolute Gasteiger partial charge is 0.469 e. The van der Waals surface area contributed by atoms with E-state index in [0.29, 0.717) is 12.5 Å². The van der Waals surface area contributed by atoms with Crippen LogP contribution in [-0.2, 0) is 22.5 Å². The van der Waals surface area contributed by atoms with Crippen LogP contribution < -0.4 is 5.32 Å². The van der Waals surface area contributed by atoms with Gasteiger partial charge in [0.05, 0.1) is 13.5 Å². The molecule has 0 spiro atoms. The maximum absolute atomic E-state index is 11.2. The fourth-order valence-electron chi connectivity index (χ4n) is 2.26. The van der Waals surface area contributed by atoms with E-state index in [1.165, 1.54) is 23.1 Å². The Morgan fingerprint density at radius 1 is 1.24 bits per heavy atom. The molecule has 0 radical (unpaired) electrons. The molecule has 2 rings (SSSR count). The third-order valence-electron chi connectivity index (χ3n) is 3.50. The summed E-state index contributed by atoms with van der Waals surface area (Å²) in [6, 6.07) is 12.8. The van der Waals surface area contributed by atoms with Gasteiger partial charge in [-0.2, -0.15) is 0 Å². The van der Waals surface area contributed by atoms with Crippen molar-refractivity contribution in [1.29, 1.82) is 0 Å². The molecule has 1 atom stereocenters. The van der Waals surface area contributed by atoms with Crippen LogP contribution in [0.2, 0.25) is 0 Å². The van der Waals surface area contributed by atoms with E-state index in [1.54, 1.807) is 11.3 Å². The highest BCUT2D eigenvalue weighted by atomic mass is 32.1. The number of rotatable bonds is 6. The fraction of sp³-hybridized carbons (Fsp3) is 0.353. The van der Waals surface area contributed by atoms with Gasteiger partial charge in [0.1, 0.15) is 0 Å². The van der Waals surface area contributed by atoms with E-state index in [-0.39, 0.29) is 5.97 Å². The molecule has 0 unspecified atom stereocenters. The van der Waals surface area contributed by atoms with E-state index in [4.69, 9.17) is 0 Å². The predicted molar refractivity (Wildman–Crippen MR) is 86.5 cm³/mol. The quantitative estimate of drug-likeness (QED) is 0.828. The Bertz CT molecular complexity index is 606. The van der Waals surface area contributed by atoms with Gasteiger partial charge in [-0.05, 0) is 37.1 Å². The molecule has 0 saturated heterocycles. The molecule has 21 heavy (non-hydrogen) atoms. The second-order valence-corrected chi connectivity index (χ2v) is 6.33. The Morgan fingerprint density at radius 3 is 2.67 bits per heavy atom. The Balaban J connectivity index is 1.91. The van der Waals surface area contributed by atoms with Crippen molar-refractivity contribution in [2.75, 3.05) is 7.11 Å². The number of hydrogen-bond donors (Lipinski definition) is 1. The fourth-order valence-corrected chi connectivity index (χ4v) is 3.22. The molecular formula is C17H21NO2S. The summed E-state index contributed by atoms with van der Waals surface area (Å²) in [5.74, 6) is -0.190. The third kappa shape index (κ3) is 4.41. The number of carbonyl (C=O) groups excluding carboxylic acids is 1. The number of ether oxygens (including phenoxy) is 1. The minimum atomic E-state index is -0.190. The summed E-state index contributed by atoms with van der Waals surface area (Å²) in [7, 11) is 1.42. The van der Waals surface area contributed by atoms with Crippen molar-refractivity contribution in [3.8, 4) is 0 Å².